The van der Waals surface area contributed by atoms with Gasteiger partial charge in [0.15, 0.2) is 0 Å². The van der Waals surface area contributed by atoms with Crippen LogP contribution >= 0.6 is 0 Å². The molecule has 404 valence electrons. The molecule has 0 fully saturated rings. The second-order valence-electron chi connectivity index (χ2n) is 26.3. The minimum atomic E-state index is -3.32. The van der Waals surface area contributed by atoms with Crippen molar-refractivity contribution in [2.75, 3.05) is 9.80 Å². The second kappa shape index (κ2) is 21.1. The normalized spacial score (nSPS) is 13.7. The largest absolute Gasteiger partial charge is 0.497 e. The molecule has 1 aliphatic heterocycles. The summed E-state index contributed by atoms with van der Waals surface area (Å²) in [7, 11) is -3.32. The van der Waals surface area contributed by atoms with Crippen LogP contribution in [0.4, 0.5) is 11.4 Å². The summed E-state index contributed by atoms with van der Waals surface area (Å²) in [6.07, 6.45) is 4.34. The zero-order valence-electron chi connectivity index (χ0n) is 49.0. The maximum absolute atomic E-state index is 5.29. The van der Waals surface area contributed by atoms with E-state index >= 15 is 0 Å². The fraction of sp³-hybridized carbons (Fsp3) is 0.306. The van der Waals surface area contributed by atoms with Crippen LogP contribution in [0.5, 0.6) is 0 Å². The van der Waals surface area contributed by atoms with Gasteiger partial charge in [-0.3, -0.25) is 0 Å². The number of nitrogens with zero attached hydrogens (tertiary/aromatic N) is 4. The first kappa shape index (κ1) is 56.5. The van der Waals surface area contributed by atoms with Gasteiger partial charge in [0.2, 0.25) is 0 Å². The van der Waals surface area contributed by atoms with Crippen molar-refractivity contribution in [2.45, 2.75) is 139 Å². The summed E-state index contributed by atoms with van der Waals surface area (Å²) < 4.78 is 2.40. The van der Waals surface area contributed by atoms with E-state index in [9.17, 15) is 0 Å². The average molecular weight is 1220 g/mol. The number of fused-ring (bicyclic) bond motifs is 3. The van der Waals surface area contributed by atoms with Crippen molar-refractivity contribution >= 4 is 62.0 Å². The average Bonchev–Trinajstić information content (AvgIpc) is 4.14. The molecule has 0 aliphatic carbocycles. The molecule has 3 heterocycles. The van der Waals surface area contributed by atoms with Crippen LogP contribution in [0, 0.1) is 24.2 Å². The van der Waals surface area contributed by atoms with Gasteiger partial charge in [-0.05, 0) is 114 Å². The van der Waals surface area contributed by atoms with Crippen LogP contribution in [0.2, 0.25) is 0 Å². The zero-order valence-corrected chi connectivity index (χ0v) is 52.3. The number of pyridine rings is 1. The summed E-state index contributed by atoms with van der Waals surface area (Å²) in [5.74, 6) is 1.59. The Labute approximate surface area is 482 Å². The van der Waals surface area contributed by atoms with Gasteiger partial charge in [-0.2, -0.15) is 46.3 Å². The smallest absolute Gasteiger partial charge is 0.136 e. The first-order valence-electron chi connectivity index (χ1n) is 27.9. The van der Waals surface area contributed by atoms with Crippen LogP contribution in [0.1, 0.15) is 150 Å². The predicted octanol–water partition coefficient (Wildman–Crippen LogP) is 16.3. The Balaban J connectivity index is 0.00000740. The summed E-state index contributed by atoms with van der Waals surface area (Å²) in [6, 6.07) is 68.3. The molecule has 0 bridgehead atoms. The van der Waals surface area contributed by atoms with E-state index in [1.807, 2.05) is 6.20 Å². The number of hydrogen-bond donors (Lipinski definition) is 0. The van der Waals surface area contributed by atoms with E-state index in [0.717, 1.165) is 38.8 Å². The molecule has 7 aromatic carbocycles. The molecule has 6 heteroatoms. The van der Waals surface area contributed by atoms with Crippen LogP contribution in [0.3, 0.4) is 0 Å². The number of benzene rings is 7. The minimum absolute atomic E-state index is 0. The Kier molecular flexibility index (Phi) is 15.3. The summed E-state index contributed by atoms with van der Waals surface area (Å²) >= 11 is 0. The summed E-state index contributed by atoms with van der Waals surface area (Å²) in [4.78, 5) is 10.0. The fourth-order valence-corrected chi connectivity index (χ4v) is 16.1. The van der Waals surface area contributed by atoms with E-state index in [2.05, 4.69) is 308 Å². The third kappa shape index (κ3) is 10.4. The van der Waals surface area contributed by atoms with Crippen LogP contribution in [-0.2, 0) is 37.3 Å². The molecular weight excluding hydrogens is 1140 g/mol. The maximum Gasteiger partial charge on any atom is 0.136 e. The van der Waals surface area contributed by atoms with Crippen LogP contribution < -0.4 is 30.5 Å². The molecule has 0 saturated carbocycles. The monoisotopic (exact) mass is 1220 g/mol. The van der Waals surface area contributed by atoms with Crippen molar-refractivity contribution in [3.8, 4) is 16.9 Å². The molecule has 1 aliphatic rings. The third-order valence-electron chi connectivity index (χ3n) is 15.9. The number of anilines is 2. The van der Waals surface area contributed by atoms with E-state index in [1.165, 1.54) is 65.6 Å². The minimum Gasteiger partial charge on any atom is -0.497 e. The standard InChI is InChI=1S/C72H79N4Si.Pt/c1-48(2)60-31-24-32-61(49(3)4)68(60)50-37-38-73-67(39-50)76-64-36-33-52(70(8,9)10)43-63(64)62-35-34-58(45-65(62)76)77(56-27-19-17-20-28-56,57-29-21-18-22-30-57)59-42-53(71(11,12)13)41-55(44-59)75-47-74(46-66(75)72(14,15)16)54-26-23-25-51(40-54)69(5,6)7;/h17-43,46-49H,1-16H3;/q-3;. The fourth-order valence-electron chi connectivity index (χ4n) is 11.5. The Morgan fingerprint density at radius 3 is 1.68 bits per heavy atom. The third-order valence-corrected chi connectivity index (χ3v) is 20.5. The number of allylic oxidation sites excluding steroid dienone is 1. The molecular formula is C72H79N4PtSi-3. The molecule has 9 aromatic rings. The van der Waals surface area contributed by atoms with E-state index < -0.39 is 8.07 Å². The van der Waals surface area contributed by atoms with Crippen molar-refractivity contribution in [3.63, 3.8) is 0 Å². The molecule has 78 heavy (non-hydrogen) atoms. The van der Waals surface area contributed by atoms with Gasteiger partial charge in [0.1, 0.15) is 13.9 Å². The van der Waals surface area contributed by atoms with Gasteiger partial charge in [-0.1, -0.05) is 219 Å². The van der Waals surface area contributed by atoms with Crippen molar-refractivity contribution in [1.29, 1.82) is 0 Å². The van der Waals surface area contributed by atoms with Crippen molar-refractivity contribution < 1.29 is 21.1 Å². The van der Waals surface area contributed by atoms with E-state index in [-0.39, 0.29) is 42.7 Å². The molecule has 10 rings (SSSR count). The maximum atomic E-state index is 5.29. The molecule has 0 radical (unpaired) electrons. The van der Waals surface area contributed by atoms with Crippen LogP contribution in [0.15, 0.2) is 176 Å². The zero-order chi connectivity index (χ0) is 55.0. The van der Waals surface area contributed by atoms with E-state index in [4.69, 9.17) is 4.98 Å². The Bertz CT molecular complexity index is 3600. The Morgan fingerprint density at radius 1 is 0.513 bits per heavy atom. The SMILES string of the molecule is CC(C)c1cccc(C(C)C)c1-c1ccnc(-n2c3[c-]c([Si](c4[c-]c(N5[CH-]N(c6cccc(C(C)(C)C)c6)C=C5C(C)(C)C)cc(C(C)(C)C)c4)(c4ccccc4)c4ccccc4)ccc3c3cc(C(C)(C)C)ccc32)c1.[Pt]. The summed E-state index contributed by atoms with van der Waals surface area (Å²) in [6.45, 7) is 39.3. The number of aromatic nitrogens is 2. The van der Waals surface area contributed by atoms with Gasteiger partial charge in [0, 0.05) is 49.6 Å². The number of hydrogen-bond acceptors (Lipinski definition) is 3. The second-order valence-corrected chi connectivity index (χ2v) is 30.1. The topological polar surface area (TPSA) is 24.3 Å². The number of rotatable bonds is 10. The van der Waals surface area contributed by atoms with Gasteiger partial charge >= 0.3 is 0 Å². The van der Waals surface area contributed by atoms with Crippen LogP contribution in [0.25, 0.3) is 38.8 Å². The molecule has 0 amide bonds. The molecule has 4 nitrogen and oxygen atoms in total. The molecule has 0 N–H and O–H groups in total. The summed E-state index contributed by atoms with van der Waals surface area (Å²) in [5.41, 5.74) is 14.2. The Hall–Kier alpha value is -6.26. The molecule has 0 spiro atoms. The molecule has 2 aromatic heterocycles. The molecule has 0 unspecified atom stereocenters. The van der Waals surface area contributed by atoms with Crippen molar-refractivity contribution in [2.24, 2.45) is 5.41 Å². The first-order valence-corrected chi connectivity index (χ1v) is 29.9. The van der Waals surface area contributed by atoms with E-state index in [0.29, 0.717) is 11.8 Å². The van der Waals surface area contributed by atoms with Gasteiger partial charge in [0.05, 0.1) is 0 Å². The molecule has 0 atom stereocenters. The van der Waals surface area contributed by atoms with Gasteiger partial charge in [-0.15, -0.1) is 23.8 Å². The predicted molar refractivity (Wildman–Crippen MR) is 333 cm³/mol. The van der Waals surface area contributed by atoms with Gasteiger partial charge in [0.25, 0.3) is 0 Å². The molecule has 0 saturated heterocycles. The van der Waals surface area contributed by atoms with Gasteiger partial charge < -0.3 is 14.4 Å². The van der Waals surface area contributed by atoms with Crippen molar-refractivity contribution in [1.82, 2.24) is 9.55 Å². The van der Waals surface area contributed by atoms with Crippen LogP contribution in [-0.4, -0.2) is 17.6 Å². The first-order chi connectivity index (χ1) is 36.3. The summed E-state index contributed by atoms with van der Waals surface area (Å²) in [5, 5.41) is 7.26. The van der Waals surface area contributed by atoms with E-state index in [1.54, 1.807) is 0 Å². The van der Waals surface area contributed by atoms with Gasteiger partial charge in [-0.25, -0.2) is 4.98 Å². The quantitative estimate of drug-likeness (QED) is 0.0775. The Morgan fingerprint density at radius 2 is 1.10 bits per heavy atom. The van der Waals surface area contributed by atoms with Crippen molar-refractivity contribution in [3.05, 3.63) is 222 Å².